The molecule has 0 radical (unpaired) electrons. The highest BCUT2D eigenvalue weighted by Gasteiger charge is 2.24. The van der Waals surface area contributed by atoms with E-state index in [9.17, 15) is 0 Å². The number of aliphatic hydroxyl groups excluding tert-OH is 3. The Kier molecular flexibility index (Phi) is 9.41. The van der Waals surface area contributed by atoms with Crippen LogP contribution in [0, 0.1) is 0 Å². The fourth-order valence-corrected chi connectivity index (χ4v) is 3.11. The second-order valence-corrected chi connectivity index (χ2v) is 7.20. The van der Waals surface area contributed by atoms with Crippen LogP contribution in [0.3, 0.4) is 0 Å². The Morgan fingerprint density at radius 2 is 1.34 bits per heavy atom. The summed E-state index contributed by atoms with van der Waals surface area (Å²) < 4.78 is 16.5. The van der Waals surface area contributed by atoms with E-state index in [1.54, 1.807) is 0 Å². The normalized spacial score (nSPS) is 11.5. The largest absolute Gasteiger partial charge is 0.491 e. The highest BCUT2D eigenvalue weighted by atomic mass is 16.5. The molecule has 0 amide bonds. The first kappa shape index (κ1) is 23.2. The first-order chi connectivity index (χ1) is 14.0. The summed E-state index contributed by atoms with van der Waals surface area (Å²) in [5.41, 5.74) is 3.03. The van der Waals surface area contributed by atoms with E-state index in [-0.39, 0.29) is 38.4 Å². The van der Waals surface area contributed by atoms with Gasteiger partial charge in [0.2, 0.25) is 0 Å². The van der Waals surface area contributed by atoms with E-state index in [4.69, 9.17) is 29.5 Å². The van der Waals surface area contributed by atoms with Gasteiger partial charge in [0.1, 0.15) is 24.7 Å². The highest BCUT2D eigenvalue weighted by Crippen LogP contribution is 2.35. The van der Waals surface area contributed by atoms with Gasteiger partial charge < -0.3 is 29.5 Å². The molecule has 2 aromatic rings. The third-order valence-corrected chi connectivity index (χ3v) is 4.82. The van der Waals surface area contributed by atoms with Gasteiger partial charge in [0, 0.05) is 5.41 Å². The van der Waals surface area contributed by atoms with Gasteiger partial charge in [-0.05, 0) is 41.3 Å². The summed E-state index contributed by atoms with van der Waals surface area (Å²) in [6.07, 6.45) is 0.651. The Hall–Kier alpha value is -2.12. The van der Waals surface area contributed by atoms with Crippen molar-refractivity contribution in [3.05, 3.63) is 59.2 Å². The van der Waals surface area contributed by atoms with E-state index < -0.39 is 0 Å². The lowest BCUT2D eigenvalue weighted by molar-refractivity contribution is 0.0939. The number of hydrogen-bond donors (Lipinski definition) is 3. The second kappa shape index (κ2) is 11.8. The summed E-state index contributed by atoms with van der Waals surface area (Å²) in [4.78, 5) is 0. The van der Waals surface area contributed by atoms with E-state index in [1.165, 1.54) is 0 Å². The van der Waals surface area contributed by atoms with Crippen LogP contribution in [-0.4, -0.2) is 61.6 Å². The molecule has 0 aliphatic rings. The molecule has 0 atom stereocenters. The van der Waals surface area contributed by atoms with Gasteiger partial charge >= 0.3 is 0 Å². The molecule has 6 heteroatoms. The molecular formula is C23H32O6. The van der Waals surface area contributed by atoms with E-state index >= 15 is 0 Å². The van der Waals surface area contributed by atoms with Crippen LogP contribution in [0.5, 0.6) is 11.5 Å². The van der Waals surface area contributed by atoms with Crippen LogP contribution >= 0.6 is 0 Å². The van der Waals surface area contributed by atoms with Gasteiger partial charge in [-0.1, -0.05) is 38.1 Å². The molecule has 3 N–H and O–H groups in total. The Morgan fingerprint density at radius 1 is 0.724 bits per heavy atom. The quantitative estimate of drug-likeness (QED) is 0.444. The van der Waals surface area contributed by atoms with Crippen molar-refractivity contribution >= 4 is 0 Å². The smallest absolute Gasteiger partial charge is 0.122 e. The zero-order chi connectivity index (χ0) is 21.1. The van der Waals surface area contributed by atoms with Gasteiger partial charge in [-0.15, -0.1) is 0 Å². The zero-order valence-corrected chi connectivity index (χ0v) is 17.3. The van der Waals surface area contributed by atoms with Crippen molar-refractivity contribution in [1.29, 1.82) is 0 Å². The average Bonchev–Trinajstić information content (AvgIpc) is 2.74. The maximum Gasteiger partial charge on any atom is 0.122 e. The monoisotopic (exact) mass is 404 g/mol. The lowest BCUT2D eigenvalue weighted by Gasteiger charge is -2.27. The van der Waals surface area contributed by atoms with Gasteiger partial charge in [-0.2, -0.15) is 0 Å². The lowest BCUT2D eigenvalue weighted by atomic mass is 9.77. The molecule has 0 fully saturated rings. The molecule has 160 valence electrons. The number of hydrogen-bond acceptors (Lipinski definition) is 6. The van der Waals surface area contributed by atoms with E-state index in [0.29, 0.717) is 19.6 Å². The first-order valence-corrected chi connectivity index (χ1v) is 9.92. The van der Waals surface area contributed by atoms with Crippen molar-refractivity contribution in [3.63, 3.8) is 0 Å². The van der Waals surface area contributed by atoms with Crippen molar-refractivity contribution in [1.82, 2.24) is 0 Å². The third-order valence-electron chi connectivity index (χ3n) is 4.82. The predicted molar refractivity (Wildman–Crippen MR) is 112 cm³/mol. The minimum Gasteiger partial charge on any atom is -0.491 e. The van der Waals surface area contributed by atoms with E-state index in [2.05, 4.69) is 19.9 Å². The average molecular weight is 405 g/mol. The van der Waals surface area contributed by atoms with Crippen molar-refractivity contribution in [2.75, 3.05) is 46.2 Å². The molecule has 0 aromatic heterocycles. The summed E-state index contributed by atoms with van der Waals surface area (Å²) in [5.74, 6) is 1.46. The minimum absolute atomic E-state index is 0.00104. The standard InChI is InChI=1S/C23H32O6/c1-23(2,19-3-6-21(7-4-19)28-15-11-25)20-5-8-22(29-16-12-26)18(17-20)9-13-27-14-10-24/h3-8,17,24-26H,9-16H2,1-2H3. The van der Waals surface area contributed by atoms with E-state index in [1.807, 2.05) is 36.4 Å². The molecule has 0 unspecified atom stereocenters. The number of benzene rings is 2. The molecule has 0 bridgehead atoms. The van der Waals surface area contributed by atoms with E-state index in [0.717, 1.165) is 28.2 Å². The zero-order valence-electron chi connectivity index (χ0n) is 17.3. The molecule has 0 saturated heterocycles. The van der Waals surface area contributed by atoms with Gasteiger partial charge in [0.15, 0.2) is 0 Å². The van der Waals surface area contributed by atoms with Crippen LogP contribution in [0.1, 0.15) is 30.5 Å². The van der Waals surface area contributed by atoms with Gasteiger partial charge in [0.25, 0.3) is 0 Å². The van der Waals surface area contributed by atoms with Gasteiger partial charge in [-0.25, -0.2) is 0 Å². The summed E-state index contributed by atoms with van der Waals surface area (Å²) in [5, 5.41) is 26.8. The SMILES string of the molecule is CC(C)(c1ccc(OCCO)cc1)c1ccc(OCCO)c(CCOCCO)c1. The number of aliphatic hydroxyl groups is 3. The van der Waals surface area contributed by atoms with Crippen molar-refractivity contribution in [3.8, 4) is 11.5 Å². The van der Waals surface area contributed by atoms with Gasteiger partial charge in [-0.3, -0.25) is 0 Å². The molecule has 0 spiro atoms. The van der Waals surface area contributed by atoms with Crippen LogP contribution < -0.4 is 9.47 Å². The third kappa shape index (κ3) is 6.72. The molecule has 2 aromatic carbocycles. The van der Waals surface area contributed by atoms with Crippen molar-refractivity contribution in [2.45, 2.75) is 25.7 Å². The first-order valence-electron chi connectivity index (χ1n) is 9.92. The van der Waals surface area contributed by atoms with Gasteiger partial charge in [0.05, 0.1) is 33.0 Å². The topological polar surface area (TPSA) is 88.4 Å². The fourth-order valence-electron chi connectivity index (χ4n) is 3.11. The molecule has 0 heterocycles. The maximum absolute atomic E-state index is 9.07. The lowest BCUT2D eigenvalue weighted by Crippen LogP contribution is -2.19. The minimum atomic E-state index is -0.244. The molecule has 0 aliphatic heterocycles. The summed E-state index contributed by atoms with van der Waals surface area (Å²) in [6.45, 7) is 5.57. The fraction of sp³-hybridized carbons (Fsp3) is 0.478. The van der Waals surface area contributed by atoms with Crippen LogP contribution in [0.25, 0.3) is 0 Å². The Balaban J connectivity index is 2.23. The van der Waals surface area contributed by atoms with Crippen LogP contribution in [0.15, 0.2) is 42.5 Å². The van der Waals surface area contributed by atoms with Crippen molar-refractivity contribution in [2.24, 2.45) is 0 Å². The molecule has 29 heavy (non-hydrogen) atoms. The molecule has 0 saturated carbocycles. The van der Waals surface area contributed by atoms with Crippen molar-refractivity contribution < 1.29 is 29.5 Å². The Bertz CT molecular complexity index is 727. The predicted octanol–water partition coefficient (Wildman–Crippen LogP) is 2.31. The van der Waals surface area contributed by atoms with Crippen LogP contribution in [0.4, 0.5) is 0 Å². The molecule has 6 nitrogen and oxygen atoms in total. The molecule has 2 rings (SSSR count). The molecule has 0 aliphatic carbocycles. The maximum atomic E-state index is 9.07. The Morgan fingerprint density at radius 3 is 2.00 bits per heavy atom. The second-order valence-electron chi connectivity index (χ2n) is 7.20. The Labute approximate surface area is 172 Å². The highest BCUT2D eigenvalue weighted by molar-refractivity contribution is 5.45. The molecular weight excluding hydrogens is 372 g/mol. The van der Waals surface area contributed by atoms with Crippen LogP contribution in [0.2, 0.25) is 0 Å². The number of ether oxygens (including phenoxy) is 3. The van der Waals surface area contributed by atoms with Crippen LogP contribution in [-0.2, 0) is 16.6 Å². The summed E-state index contributed by atoms with van der Waals surface area (Å²) in [7, 11) is 0. The number of rotatable bonds is 13. The summed E-state index contributed by atoms with van der Waals surface area (Å²) in [6, 6.07) is 14.0. The summed E-state index contributed by atoms with van der Waals surface area (Å²) >= 11 is 0.